The summed E-state index contributed by atoms with van der Waals surface area (Å²) in [6, 6.07) is 18.6. The average Bonchev–Trinajstić information content (AvgIpc) is 2.81. The van der Waals surface area contributed by atoms with E-state index in [1.807, 2.05) is 48.5 Å². The molecule has 1 heterocycles. The Kier molecular flexibility index (Phi) is 3.99. The molecule has 1 saturated heterocycles. The zero-order valence-electron chi connectivity index (χ0n) is 11.3. The van der Waals surface area contributed by atoms with Crippen LogP contribution in [0.1, 0.15) is 17.0 Å². The predicted octanol–water partition coefficient (Wildman–Crippen LogP) is 3.02. The van der Waals surface area contributed by atoms with E-state index >= 15 is 0 Å². The van der Waals surface area contributed by atoms with E-state index in [9.17, 15) is 9.90 Å². The molecule has 1 aliphatic heterocycles. The molecular weight excluding hydrogens is 379 g/mol. The first-order chi connectivity index (χ1) is 10.2. The molecule has 4 heteroatoms. The second-order valence-corrected chi connectivity index (χ2v) is 6.00. The van der Waals surface area contributed by atoms with Crippen LogP contribution in [0.4, 0.5) is 0 Å². The van der Waals surface area contributed by atoms with E-state index in [0.29, 0.717) is 9.99 Å². The predicted molar refractivity (Wildman–Crippen MR) is 88.3 cm³/mol. The molecule has 108 valence electrons. The lowest BCUT2D eigenvalue weighted by Gasteiger charge is -2.28. The Morgan fingerprint density at radius 1 is 1.05 bits per heavy atom. The van der Waals surface area contributed by atoms with Gasteiger partial charge < -0.3 is 9.84 Å². The first kappa shape index (κ1) is 14.5. The van der Waals surface area contributed by atoms with Crippen molar-refractivity contribution >= 4 is 28.6 Å². The highest BCUT2D eigenvalue weighted by Crippen LogP contribution is 2.47. The Hall–Kier alpha value is -1.40. The Balaban J connectivity index is 2.14. The summed E-state index contributed by atoms with van der Waals surface area (Å²) >= 11 is 2.19. The van der Waals surface area contributed by atoms with Crippen LogP contribution < -0.4 is 0 Å². The van der Waals surface area contributed by atoms with Crippen LogP contribution in [0.2, 0.25) is 0 Å². The van der Waals surface area contributed by atoms with E-state index in [4.69, 9.17) is 4.74 Å². The minimum absolute atomic E-state index is 0.328. The third-order valence-corrected chi connectivity index (χ3v) is 4.78. The summed E-state index contributed by atoms with van der Waals surface area (Å²) in [7, 11) is 0. The summed E-state index contributed by atoms with van der Waals surface area (Å²) < 4.78 is 6.09. The molecule has 21 heavy (non-hydrogen) atoms. The van der Waals surface area contributed by atoms with Gasteiger partial charge in [-0.15, -0.1) is 0 Å². The highest BCUT2D eigenvalue weighted by atomic mass is 127. The smallest absolute Gasteiger partial charge is 0.343 e. The molecule has 0 bridgehead atoms. The maximum atomic E-state index is 12.4. The zero-order valence-corrected chi connectivity index (χ0v) is 13.4. The monoisotopic (exact) mass is 394 g/mol. The van der Waals surface area contributed by atoms with Gasteiger partial charge in [0.1, 0.15) is 6.10 Å². The van der Waals surface area contributed by atoms with Crippen molar-refractivity contribution in [2.45, 2.75) is 17.6 Å². The van der Waals surface area contributed by atoms with Crippen LogP contribution in [0.5, 0.6) is 0 Å². The largest absolute Gasteiger partial charge is 0.458 e. The number of alkyl halides is 1. The molecular formula is C17H15IO3. The lowest BCUT2D eigenvalue weighted by Crippen LogP contribution is -2.38. The fourth-order valence-electron chi connectivity index (χ4n) is 2.92. The van der Waals surface area contributed by atoms with Gasteiger partial charge >= 0.3 is 5.97 Å². The van der Waals surface area contributed by atoms with E-state index in [-0.39, 0.29) is 6.10 Å². The molecule has 0 radical (unpaired) electrons. The van der Waals surface area contributed by atoms with E-state index in [1.165, 1.54) is 0 Å². The van der Waals surface area contributed by atoms with Crippen LogP contribution in [-0.4, -0.2) is 21.6 Å². The third-order valence-electron chi connectivity index (χ3n) is 3.92. The first-order valence-corrected chi connectivity index (χ1v) is 8.30. The summed E-state index contributed by atoms with van der Waals surface area (Å²) in [5, 5.41) is 11.2. The third kappa shape index (κ3) is 2.36. The summed E-state index contributed by atoms with van der Waals surface area (Å²) in [5.41, 5.74) is -0.133. The zero-order chi connectivity index (χ0) is 14.9. The molecule has 0 saturated carbocycles. The van der Waals surface area contributed by atoms with Gasteiger partial charge in [0.05, 0.1) is 5.92 Å². The SMILES string of the molecule is O=C1O[C@H](CI)[C@H](c2ccccc2)[C@@]1(O)c1ccccc1. The lowest BCUT2D eigenvalue weighted by atomic mass is 9.77. The molecule has 0 unspecified atom stereocenters. The standard InChI is InChI=1S/C17H15IO3/c18-11-14-15(12-7-3-1-4-8-12)17(20,16(19)21-14)13-9-5-2-6-10-13/h1-10,14-15,20H,11H2/t14-,15+,17+/m1/s1. The minimum atomic E-state index is -1.63. The van der Waals surface area contributed by atoms with Gasteiger partial charge in [0, 0.05) is 4.43 Å². The molecule has 0 amide bonds. The number of hydrogen-bond donors (Lipinski definition) is 1. The molecule has 3 rings (SSSR count). The fraction of sp³-hybridized carbons (Fsp3) is 0.235. The van der Waals surface area contributed by atoms with Crippen LogP contribution >= 0.6 is 22.6 Å². The van der Waals surface area contributed by atoms with E-state index < -0.39 is 17.5 Å². The van der Waals surface area contributed by atoms with Gasteiger partial charge in [-0.1, -0.05) is 83.3 Å². The molecule has 0 aliphatic carbocycles. The molecule has 0 spiro atoms. The average molecular weight is 394 g/mol. The molecule has 2 aromatic carbocycles. The van der Waals surface area contributed by atoms with Crippen molar-refractivity contribution in [3.63, 3.8) is 0 Å². The number of ether oxygens (including phenoxy) is 1. The molecule has 1 N–H and O–H groups in total. The van der Waals surface area contributed by atoms with Crippen molar-refractivity contribution in [2.24, 2.45) is 0 Å². The second-order valence-electron chi connectivity index (χ2n) is 5.12. The topological polar surface area (TPSA) is 46.5 Å². The van der Waals surface area contributed by atoms with Crippen molar-refractivity contribution in [2.75, 3.05) is 4.43 Å². The van der Waals surface area contributed by atoms with Gasteiger partial charge in [0.25, 0.3) is 0 Å². The van der Waals surface area contributed by atoms with Crippen LogP contribution in [0, 0.1) is 0 Å². The quantitative estimate of drug-likeness (QED) is 0.495. The van der Waals surface area contributed by atoms with Gasteiger partial charge in [0.15, 0.2) is 5.60 Å². The Morgan fingerprint density at radius 2 is 1.62 bits per heavy atom. The van der Waals surface area contributed by atoms with Crippen LogP contribution in [0.3, 0.4) is 0 Å². The van der Waals surface area contributed by atoms with Crippen LogP contribution in [0.15, 0.2) is 60.7 Å². The Morgan fingerprint density at radius 3 is 2.19 bits per heavy atom. The number of rotatable bonds is 3. The highest BCUT2D eigenvalue weighted by Gasteiger charge is 2.57. The maximum absolute atomic E-state index is 12.4. The molecule has 1 aliphatic rings. The summed E-state index contributed by atoms with van der Waals surface area (Å²) in [6.07, 6.45) is -0.328. The Labute approximate surface area is 137 Å². The molecule has 1 fully saturated rings. The fourth-order valence-corrected chi connectivity index (χ4v) is 3.61. The number of esters is 1. The van der Waals surface area contributed by atoms with Crippen molar-refractivity contribution in [1.29, 1.82) is 0 Å². The number of benzene rings is 2. The number of carbonyl (C=O) groups excluding carboxylic acids is 1. The van der Waals surface area contributed by atoms with Crippen molar-refractivity contribution in [1.82, 2.24) is 0 Å². The van der Waals surface area contributed by atoms with Crippen LogP contribution in [0.25, 0.3) is 0 Å². The van der Waals surface area contributed by atoms with Crippen molar-refractivity contribution < 1.29 is 14.6 Å². The number of cyclic esters (lactones) is 1. The summed E-state index contributed by atoms with van der Waals surface area (Å²) in [4.78, 5) is 12.4. The molecule has 2 aromatic rings. The molecule has 3 atom stereocenters. The maximum Gasteiger partial charge on any atom is 0.343 e. The summed E-state index contributed by atoms with van der Waals surface area (Å²) in [5.74, 6) is -0.963. The lowest BCUT2D eigenvalue weighted by molar-refractivity contribution is -0.155. The van der Waals surface area contributed by atoms with Crippen molar-refractivity contribution in [3.8, 4) is 0 Å². The van der Waals surface area contributed by atoms with Gasteiger partial charge in [0.2, 0.25) is 0 Å². The highest BCUT2D eigenvalue weighted by molar-refractivity contribution is 14.1. The van der Waals surface area contributed by atoms with E-state index in [2.05, 4.69) is 22.6 Å². The Bertz CT molecular complexity index is 629. The summed E-state index contributed by atoms with van der Waals surface area (Å²) in [6.45, 7) is 0. The van der Waals surface area contributed by atoms with Gasteiger partial charge in [-0.25, -0.2) is 4.79 Å². The van der Waals surface area contributed by atoms with E-state index in [0.717, 1.165) is 5.56 Å². The minimum Gasteiger partial charge on any atom is -0.458 e. The second kappa shape index (κ2) is 5.77. The normalized spacial score (nSPS) is 28.4. The molecule has 3 nitrogen and oxygen atoms in total. The van der Waals surface area contributed by atoms with Gasteiger partial charge in [-0.3, -0.25) is 0 Å². The number of halogens is 1. The number of aliphatic hydroxyl groups is 1. The molecule has 0 aromatic heterocycles. The first-order valence-electron chi connectivity index (χ1n) is 6.78. The van der Waals surface area contributed by atoms with Gasteiger partial charge in [-0.2, -0.15) is 0 Å². The van der Waals surface area contributed by atoms with Crippen molar-refractivity contribution in [3.05, 3.63) is 71.8 Å². The van der Waals surface area contributed by atoms with Crippen LogP contribution in [-0.2, 0) is 15.1 Å². The van der Waals surface area contributed by atoms with E-state index in [1.54, 1.807) is 12.1 Å². The van der Waals surface area contributed by atoms with Gasteiger partial charge in [-0.05, 0) is 11.1 Å². The number of carbonyl (C=O) groups is 1. The number of hydrogen-bond acceptors (Lipinski definition) is 3.